The molecule has 2 aromatic carbocycles. The highest BCUT2D eigenvalue weighted by Gasteiger charge is 2.22. The highest BCUT2D eigenvalue weighted by atomic mass is 19.1. The normalized spacial score (nSPS) is 20.6. The van der Waals surface area contributed by atoms with Crippen LogP contribution in [0.25, 0.3) is 11.1 Å². The maximum Gasteiger partial charge on any atom is 0.131 e. The van der Waals surface area contributed by atoms with Crippen molar-refractivity contribution in [1.82, 2.24) is 0 Å². The van der Waals surface area contributed by atoms with Crippen LogP contribution in [0.3, 0.4) is 0 Å². The minimum Gasteiger partial charge on any atom is -0.206 e. The number of halogens is 1. The SMILES string of the molecule is CCCCc1ccc(-c2ccc(C3CCC(CC)CC3)cc2F)cc1. The van der Waals surface area contributed by atoms with E-state index in [0.29, 0.717) is 5.92 Å². The van der Waals surface area contributed by atoms with Gasteiger partial charge in [-0.05, 0) is 73.1 Å². The lowest BCUT2D eigenvalue weighted by Gasteiger charge is -2.28. The van der Waals surface area contributed by atoms with Gasteiger partial charge in [0, 0.05) is 5.56 Å². The summed E-state index contributed by atoms with van der Waals surface area (Å²) < 4.78 is 14.7. The smallest absolute Gasteiger partial charge is 0.131 e. The Morgan fingerprint density at radius 2 is 1.64 bits per heavy atom. The standard InChI is InChI=1S/C24H31F/c1-3-5-6-19-9-13-21(14-10-19)23-16-15-22(17-24(23)25)20-11-7-18(4-2)8-12-20/h9-10,13-18,20H,3-8,11-12H2,1-2H3. The molecule has 0 amide bonds. The van der Waals surface area contributed by atoms with Gasteiger partial charge in [0.1, 0.15) is 5.82 Å². The van der Waals surface area contributed by atoms with Crippen LogP contribution in [0.5, 0.6) is 0 Å². The van der Waals surface area contributed by atoms with Crippen molar-refractivity contribution in [3.8, 4) is 11.1 Å². The third-order valence-corrected chi connectivity index (χ3v) is 5.97. The van der Waals surface area contributed by atoms with Crippen molar-refractivity contribution in [3.05, 3.63) is 59.4 Å². The second-order valence-electron chi connectivity index (χ2n) is 7.67. The molecule has 1 aliphatic rings. The molecule has 0 radical (unpaired) electrons. The molecule has 0 spiro atoms. The number of unbranched alkanes of at least 4 members (excludes halogenated alkanes) is 1. The zero-order valence-electron chi connectivity index (χ0n) is 15.7. The molecule has 0 bridgehead atoms. The minimum absolute atomic E-state index is 0.0728. The van der Waals surface area contributed by atoms with Crippen LogP contribution in [0.4, 0.5) is 4.39 Å². The molecule has 0 aromatic heterocycles. The van der Waals surface area contributed by atoms with Crippen LogP contribution in [0, 0.1) is 11.7 Å². The Morgan fingerprint density at radius 1 is 0.920 bits per heavy atom. The van der Waals surface area contributed by atoms with E-state index in [1.54, 1.807) is 6.07 Å². The molecule has 0 saturated heterocycles. The number of hydrogen-bond donors (Lipinski definition) is 0. The predicted octanol–water partition coefficient (Wildman–Crippen LogP) is 7.52. The molecule has 1 aliphatic carbocycles. The van der Waals surface area contributed by atoms with Crippen molar-refractivity contribution >= 4 is 0 Å². The summed E-state index contributed by atoms with van der Waals surface area (Å²) in [4.78, 5) is 0. The van der Waals surface area contributed by atoms with Crippen molar-refractivity contribution in [2.24, 2.45) is 5.92 Å². The summed E-state index contributed by atoms with van der Waals surface area (Å²) in [6.07, 6.45) is 9.83. The Morgan fingerprint density at radius 3 is 2.24 bits per heavy atom. The van der Waals surface area contributed by atoms with Crippen LogP contribution in [0.1, 0.15) is 75.8 Å². The molecule has 0 atom stereocenters. The van der Waals surface area contributed by atoms with Crippen LogP contribution in [-0.4, -0.2) is 0 Å². The van der Waals surface area contributed by atoms with Crippen LogP contribution in [0.15, 0.2) is 42.5 Å². The van der Waals surface area contributed by atoms with Gasteiger partial charge in [0.15, 0.2) is 0 Å². The lowest BCUT2D eigenvalue weighted by molar-refractivity contribution is 0.318. The quantitative estimate of drug-likeness (QED) is 0.511. The minimum atomic E-state index is -0.0728. The Balaban J connectivity index is 1.71. The molecule has 25 heavy (non-hydrogen) atoms. The predicted molar refractivity (Wildman–Crippen MR) is 105 cm³/mol. The molecule has 1 heteroatoms. The van der Waals surface area contributed by atoms with Crippen molar-refractivity contribution in [1.29, 1.82) is 0 Å². The van der Waals surface area contributed by atoms with Gasteiger partial charge in [0.2, 0.25) is 0 Å². The van der Waals surface area contributed by atoms with Gasteiger partial charge >= 0.3 is 0 Å². The average Bonchev–Trinajstić information content (AvgIpc) is 2.67. The van der Waals surface area contributed by atoms with Gasteiger partial charge in [0.25, 0.3) is 0 Å². The first-order valence-electron chi connectivity index (χ1n) is 10.1. The van der Waals surface area contributed by atoms with Crippen molar-refractivity contribution in [2.45, 2.75) is 71.1 Å². The highest BCUT2D eigenvalue weighted by molar-refractivity contribution is 5.65. The van der Waals surface area contributed by atoms with E-state index >= 15 is 0 Å². The number of benzene rings is 2. The first-order valence-corrected chi connectivity index (χ1v) is 10.1. The third kappa shape index (κ3) is 4.51. The molecule has 2 aromatic rings. The summed E-state index contributed by atoms with van der Waals surface area (Å²) in [5.74, 6) is 1.35. The van der Waals surface area contributed by atoms with Crippen molar-refractivity contribution in [3.63, 3.8) is 0 Å². The highest BCUT2D eigenvalue weighted by Crippen LogP contribution is 2.38. The van der Waals surface area contributed by atoms with Gasteiger partial charge in [-0.25, -0.2) is 4.39 Å². The molecule has 0 N–H and O–H groups in total. The Bertz CT molecular complexity index is 663. The van der Waals surface area contributed by atoms with Crippen LogP contribution in [0.2, 0.25) is 0 Å². The van der Waals surface area contributed by atoms with Crippen LogP contribution in [-0.2, 0) is 6.42 Å². The fraction of sp³-hybridized carbons (Fsp3) is 0.500. The Kier molecular flexibility index (Phi) is 6.29. The largest absolute Gasteiger partial charge is 0.206 e. The number of rotatable bonds is 6. The van der Waals surface area contributed by atoms with E-state index in [1.807, 2.05) is 6.07 Å². The lowest BCUT2D eigenvalue weighted by atomic mass is 9.77. The van der Waals surface area contributed by atoms with Crippen LogP contribution >= 0.6 is 0 Å². The number of hydrogen-bond acceptors (Lipinski definition) is 0. The topological polar surface area (TPSA) is 0 Å². The molecular weight excluding hydrogens is 307 g/mol. The average molecular weight is 339 g/mol. The molecule has 0 nitrogen and oxygen atoms in total. The summed E-state index contributed by atoms with van der Waals surface area (Å²) in [6, 6.07) is 14.3. The van der Waals surface area contributed by atoms with E-state index in [0.717, 1.165) is 23.5 Å². The monoisotopic (exact) mass is 338 g/mol. The van der Waals surface area contributed by atoms with Crippen molar-refractivity contribution < 1.29 is 4.39 Å². The molecule has 0 heterocycles. The van der Waals surface area contributed by atoms with E-state index in [4.69, 9.17) is 0 Å². The summed E-state index contributed by atoms with van der Waals surface area (Å²) in [7, 11) is 0. The van der Waals surface area contributed by atoms with Gasteiger partial charge in [0.05, 0.1) is 0 Å². The van der Waals surface area contributed by atoms with Gasteiger partial charge in [-0.1, -0.05) is 63.1 Å². The Hall–Kier alpha value is -1.63. The van der Waals surface area contributed by atoms with E-state index in [2.05, 4.69) is 44.2 Å². The van der Waals surface area contributed by atoms with Gasteiger partial charge in [-0.3, -0.25) is 0 Å². The fourth-order valence-corrected chi connectivity index (χ4v) is 4.16. The second-order valence-corrected chi connectivity index (χ2v) is 7.67. The van der Waals surface area contributed by atoms with Crippen molar-refractivity contribution in [2.75, 3.05) is 0 Å². The van der Waals surface area contributed by atoms with Gasteiger partial charge in [-0.2, -0.15) is 0 Å². The van der Waals surface area contributed by atoms with E-state index < -0.39 is 0 Å². The molecule has 1 saturated carbocycles. The maximum atomic E-state index is 14.7. The summed E-state index contributed by atoms with van der Waals surface area (Å²) in [5.41, 5.74) is 4.25. The maximum absolute atomic E-state index is 14.7. The molecular formula is C24H31F. The van der Waals surface area contributed by atoms with E-state index in [9.17, 15) is 4.39 Å². The molecule has 1 fully saturated rings. The molecule has 134 valence electrons. The summed E-state index contributed by atoms with van der Waals surface area (Å²) in [5, 5.41) is 0. The Labute approximate surface area is 152 Å². The first kappa shape index (κ1) is 18.2. The molecule has 0 unspecified atom stereocenters. The molecule has 3 rings (SSSR count). The fourth-order valence-electron chi connectivity index (χ4n) is 4.16. The zero-order chi connectivity index (χ0) is 17.6. The number of aryl methyl sites for hydroxylation is 1. The zero-order valence-corrected chi connectivity index (χ0v) is 15.7. The second kappa shape index (κ2) is 8.65. The summed E-state index contributed by atoms with van der Waals surface area (Å²) >= 11 is 0. The third-order valence-electron chi connectivity index (χ3n) is 5.97. The van der Waals surface area contributed by atoms with E-state index in [1.165, 1.54) is 56.1 Å². The lowest BCUT2D eigenvalue weighted by Crippen LogP contribution is -2.12. The van der Waals surface area contributed by atoms with Crippen LogP contribution < -0.4 is 0 Å². The van der Waals surface area contributed by atoms with Gasteiger partial charge in [-0.15, -0.1) is 0 Å². The molecule has 0 aliphatic heterocycles. The van der Waals surface area contributed by atoms with Gasteiger partial charge < -0.3 is 0 Å². The first-order chi connectivity index (χ1) is 12.2. The summed E-state index contributed by atoms with van der Waals surface area (Å²) in [6.45, 7) is 4.49. The van der Waals surface area contributed by atoms with E-state index in [-0.39, 0.29) is 5.82 Å².